The molecule has 3 amide bonds. The second-order valence-electron chi connectivity index (χ2n) is 6.87. The normalized spacial score (nSPS) is 14.1. The number of ether oxygens (including phenoxy) is 1. The lowest BCUT2D eigenvalue weighted by Gasteiger charge is -2.32. The van der Waals surface area contributed by atoms with Crippen molar-refractivity contribution < 1.29 is 19.1 Å². The number of amides is 3. The molecule has 1 heterocycles. The molecule has 1 aliphatic heterocycles. The van der Waals surface area contributed by atoms with Crippen molar-refractivity contribution in [3.05, 3.63) is 66.2 Å². The van der Waals surface area contributed by atoms with Gasteiger partial charge in [-0.1, -0.05) is 36.4 Å². The molecule has 1 saturated heterocycles. The molecule has 1 aliphatic rings. The second kappa shape index (κ2) is 10.3. The van der Waals surface area contributed by atoms with Crippen LogP contribution in [-0.2, 0) is 9.59 Å². The van der Waals surface area contributed by atoms with E-state index >= 15 is 0 Å². The lowest BCUT2D eigenvalue weighted by molar-refractivity contribution is -0.134. The molecule has 29 heavy (non-hydrogen) atoms. The van der Waals surface area contributed by atoms with E-state index in [1.54, 1.807) is 29.2 Å². The first-order valence-electron chi connectivity index (χ1n) is 9.70. The Morgan fingerprint density at radius 1 is 0.931 bits per heavy atom. The van der Waals surface area contributed by atoms with Gasteiger partial charge in [0.1, 0.15) is 5.75 Å². The summed E-state index contributed by atoms with van der Waals surface area (Å²) in [4.78, 5) is 38.1. The summed E-state index contributed by atoms with van der Waals surface area (Å²) in [6.45, 7) is 0.910. The van der Waals surface area contributed by atoms with Gasteiger partial charge in [-0.2, -0.15) is 0 Å². The molecular weight excluding hydrogens is 370 g/mol. The highest BCUT2D eigenvalue weighted by Crippen LogP contribution is 2.12. The van der Waals surface area contributed by atoms with Gasteiger partial charge >= 0.3 is 0 Å². The maximum Gasteiger partial charge on any atom is 0.258 e. The quantitative estimate of drug-likeness (QED) is 0.746. The third-order valence-electron chi connectivity index (χ3n) is 4.77. The Hall–Kier alpha value is -3.35. The monoisotopic (exact) mass is 395 g/mol. The Labute approximate surface area is 170 Å². The molecule has 152 valence electrons. The number of rotatable bonds is 7. The van der Waals surface area contributed by atoms with E-state index in [2.05, 4.69) is 10.6 Å². The highest BCUT2D eigenvalue weighted by molar-refractivity contribution is 5.94. The lowest BCUT2D eigenvalue weighted by atomic mass is 10.0. The maximum atomic E-state index is 12.3. The molecule has 0 bridgehead atoms. The lowest BCUT2D eigenvalue weighted by Crippen LogP contribution is -2.49. The van der Waals surface area contributed by atoms with Gasteiger partial charge in [0.15, 0.2) is 6.61 Å². The first-order valence-corrected chi connectivity index (χ1v) is 9.70. The molecule has 1 fully saturated rings. The average Bonchev–Trinajstić information content (AvgIpc) is 2.78. The van der Waals surface area contributed by atoms with E-state index in [-0.39, 0.29) is 36.9 Å². The van der Waals surface area contributed by atoms with Crippen molar-refractivity contribution in [3.63, 3.8) is 0 Å². The number of hydrogen-bond donors (Lipinski definition) is 2. The van der Waals surface area contributed by atoms with Crippen LogP contribution in [0.3, 0.4) is 0 Å². The molecule has 7 nitrogen and oxygen atoms in total. The Morgan fingerprint density at radius 3 is 2.21 bits per heavy atom. The fourth-order valence-corrected chi connectivity index (χ4v) is 3.13. The van der Waals surface area contributed by atoms with Gasteiger partial charge in [-0.05, 0) is 37.1 Å². The van der Waals surface area contributed by atoms with Crippen LogP contribution in [0.25, 0.3) is 0 Å². The van der Waals surface area contributed by atoms with Crippen molar-refractivity contribution in [2.24, 2.45) is 0 Å². The Kier molecular flexibility index (Phi) is 7.22. The highest BCUT2D eigenvalue weighted by atomic mass is 16.5. The number of benzene rings is 2. The topological polar surface area (TPSA) is 87.7 Å². The molecule has 0 radical (unpaired) electrons. The van der Waals surface area contributed by atoms with Crippen LogP contribution in [0.4, 0.5) is 0 Å². The van der Waals surface area contributed by atoms with Gasteiger partial charge in [0.2, 0.25) is 5.91 Å². The number of piperidine rings is 1. The number of nitrogens with one attached hydrogen (secondary N) is 2. The molecular formula is C22H25N3O4. The van der Waals surface area contributed by atoms with Crippen LogP contribution < -0.4 is 15.4 Å². The van der Waals surface area contributed by atoms with Crippen LogP contribution in [-0.4, -0.2) is 54.9 Å². The van der Waals surface area contributed by atoms with Crippen LogP contribution in [0, 0.1) is 0 Å². The van der Waals surface area contributed by atoms with Gasteiger partial charge < -0.3 is 20.3 Å². The average molecular weight is 395 g/mol. The summed E-state index contributed by atoms with van der Waals surface area (Å²) in [5.74, 6) is 0.0350. The van der Waals surface area contributed by atoms with Crippen molar-refractivity contribution in [3.8, 4) is 5.75 Å². The molecule has 0 unspecified atom stereocenters. The van der Waals surface area contributed by atoms with E-state index < -0.39 is 0 Å². The number of carbonyl (C=O) groups excluding carboxylic acids is 3. The number of likely N-dealkylation sites (tertiary alicyclic amines) is 1. The van der Waals surface area contributed by atoms with Crippen molar-refractivity contribution in [1.82, 2.24) is 15.5 Å². The van der Waals surface area contributed by atoms with Crippen LogP contribution in [0.1, 0.15) is 23.2 Å². The summed E-state index contributed by atoms with van der Waals surface area (Å²) in [6.07, 6.45) is 1.38. The third kappa shape index (κ3) is 6.34. The second-order valence-corrected chi connectivity index (χ2v) is 6.87. The molecule has 2 aromatic rings. The standard InChI is InChI=1S/C22H25N3O4/c26-20(16-29-19-9-5-2-6-10-19)23-15-21(27)25-13-11-18(12-14-25)24-22(28)17-7-3-1-4-8-17/h1-10,18H,11-16H2,(H,23,26)(H,24,28). The molecule has 0 spiro atoms. The zero-order valence-electron chi connectivity index (χ0n) is 16.2. The molecule has 0 saturated carbocycles. The molecule has 3 rings (SSSR count). The van der Waals surface area contributed by atoms with Gasteiger partial charge in [-0.15, -0.1) is 0 Å². The van der Waals surface area contributed by atoms with Crippen molar-refractivity contribution in [2.45, 2.75) is 18.9 Å². The number of para-hydroxylation sites is 1. The minimum absolute atomic E-state index is 0.0422. The van der Waals surface area contributed by atoms with Crippen LogP contribution in [0.5, 0.6) is 5.75 Å². The van der Waals surface area contributed by atoms with E-state index in [1.165, 1.54) is 0 Å². The summed E-state index contributed by atoms with van der Waals surface area (Å²) in [7, 11) is 0. The van der Waals surface area contributed by atoms with Gasteiger partial charge in [-0.25, -0.2) is 0 Å². The molecule has 2 N–H and O–H groups in total. The Bertz CT molecular complexity index is 818. The maximum absolute atomic E-state index is 12.3. The molecule has 0 atom stereocenters. The van der Waals surface area contributed by atoms with Gasteiger partial charge in [0.05, 0.1) is 6.54 Å². The van der Waals surface area contributed by atoms with Gasteiger partial charge in [-0.3, -0.25) is 14.4 Å². The zero-order chi connectivity index (χ0) is 20.5. The third-order valence-corrected chi connectivity index (χ3v) is 4.77. The van der Waals surface area contributed by atoms with E-state index in [4.69, 9.17) is 4.74 Å². The predicted octanol–water partition coefficient (Wildman–Crippen LogP) is 1.60. The first-order chi connectivity index (χ1) is 14.1. The summed E-state index contributed by atoms with van der Waals surface area (Å²) in [5.41, 5.74) is 0.631. The smallest absolute Gasteiger partial charge is 0.258 e. The Morgan fingerprint density at radius 2 is 1.55 bits per heavy atom. The van der Waals surface area contributed by atoms with E-state index in [0.29, 0.717) is 37.2 Å². The summed E-state index contributed by atoms with van der Waals surface area (Å²) < 4.78 is 5.36. The summed E-state index contributed by atoms with van der Waals surface area (Å²) >= 11 is 0. The van der Waals surface area contributed by atoms with Crippen LogP contribution in [0.15, 0.2) is 60.7 Å². The number of nitrogens with zero attached hydrogens (tertiary/aromatic N) is 1. The summed E-state index contributed by atoms with van der Waals surface area (Å²) in [5, 5.41) is 5.60. The fourth-order valence-electron chi connectivity index (χ4n) is 3.13. The van der Waals surface area contributed by atoms with Crippen LogP contribution >= 0.6 is 0 Å². The zero-order valence-corrected chi connectivity index (χ0v) is 16.2. The number of carbonyl (C=O) groups is 3. The van der Waals surface area contributed by atoms with Crippen molar-refractivity contribution in [1.29, 1.82) is 0 Å². The minimum atomic E-state index is -0.341. The van der Waals surface area contributed by atoms with Crippen LogP contribution in [0.2, 0.25) is 0 Å². The van der Waals surface area contributed by atoms with Crippen molar-refractivity contribution >= 4 is 17.7 Å². The van der Waals surface area contributed by atoms with Crippen molar-refractivity contribution in [2.75, 3.05) is 26.2 Å². The minimum Gasteiger partial charge on any atom is -0.484 e. The molecule has 0 aromatic heterocycles. The van der Waals surface area contributed by atoms with Gasteiger partial charge in [0, 0.05) is 24.7 Å². The predicted molar refractivity (Wildman–Crippen MR) is 108 cm³/mol. The fraction of sp³-hybridized carbons (Fsp3) is 0.318. The first kappa shape index (κ1) is 20.4. The molecule has 0 aliphatic carbocycles. The SMILES string of the molecule is O=C(COc1ccccc1)NCC(=O)N1CCC(NC(=O)c2ccccc2)CC1. The largest absolute Gasteiger partial charge is 0.484 e. The van der Waals surface area contributed by atoms with Gasteiger partial charge in [0.25, 0.3) is 11.8 Å². The summed E-state index contributed by atoms with van der Waals surface area (Å²) in [6, 6.07) is 18.2. The Balaban J connectivity index is 1.34. The molecule has 2 aromatic carbocycles. The van der Waals surface area contributed by atoms with E-state index in [0.717, 1.165) is 0 Å². The highest BCUT2D eigenvalue weighted by Gasteiger charge is 2.24. The van der Waals surface area contributed by atoms with E-state index in [1.807, 2.05) is 36.4 Å². The number of hydrogen-bond acceptors (Lipinski definition) is 4. The van der Waals surface area contributed by atoms with E-state index in [9.17, 15) is 14.4 Å². The molecule has 7 heteroatoms.